The quantitative estimate of drug-likeness (QED) is 0.631. The third-order valence-corrected chi connectivity index (χ3v) is 5.21. The molecule has 1 aromatic heterocycles. The number of thioether (sulfide) groups is 1. The first-order chi connectivity index (χ1) is 11.7. The second kappa shape index (κ2) is 8.53. The Balaban J connectivity index is 1.52. The van der Waals surface area contributed by atoms with Gasteiger partial charge < -0.3 is 9.73 Å². The third kappa shape index (κ3) is 4.74. The number of hydrogen-bond acceptors (Lipinski definition) is 5. The fourth-order valence-corrected chi connectivity index (χ4v) is 3.62. The van der Waals surface area contributed by atoms with E-state index in [-0.39, 0.29) is 11.7 Å². The standard InChI is InChI=1S/C17H20ClN3O2S/c18-14-10-6-5-9-13(14)16-20-21-17(23-16)24-11-15(22)19-12-7-3-1-2-4-8-12/h5-6,9-10,12H,1-4,7-8,11H2,(H,19,22). The van der Waals surface area contributed by atoms with Gasteiger partial charge in [0.2, 0.25) is 11.8 Å². The Labute approximate surface area is 150 Å². The van der Waals surface area contributed by atoms with Crippen LogP contribution < -0.4 is 5.32 Å². The van der Waals surface area contributed by atoms with Gasteiger partial charge in [-0.3, -0.25) is 4.79 Å². The van der Waals surface area contributed by atoms with Crippen LogP contribution in [0.5, 0.6) is 0 Å². The second-order valence-electron chi connectivity index (χ2n) is 5.90. The van der Waals surface area contributed by atoms with Gasteiger partial charge in [0.15, 0.2) is 0 Å². The molecular weight excluding hydrogens is 346 g/mol. The number of carbonyl (C=O) groups excluding carboxylic acids is 1. The van der Waals surface area contributed by atoms with E-state index in [1.54, 1.807) is 6.07 Å². The molecule has 0 atom stereocenters. The highest BCUT2D eigenvalue weighted by molar-refractivity contribution is 7.99. The Morgan fingerprint density at radius 3 is 2.71 bits per heavy atom. The van der Waals surface area contributed by atoms with Crippen LogP contribution in [-0.2, 0) is 4.79 Å². The fraction of sp³-hybridized carbons (Fsp3) is 0.471. The summed E-state index contributed by atoms with van der Waals surface area (Å²) in [5.74, 6) is 0.664. The highest BCUT2D eigenvalue weighted by Crippen LogP contribution is 2.28. The number of aromatic nitrogens is 2. The average Bonchev–Trinajstić information content (AvgIpc) is 2.90. The molecule has 2 aromatic rings. The average molecular weight is 366 g/mol. The molecule has 1 fully saturated rings. The Morgan fingerprint density at radius 1 is 1.21 bits per heavy atom. The van der Waals surface area contributed by atoms with E-state index < -0.39 is 0 Å². The maximum Gasteiger partial charge on any atom is 0.277 e. The molecule has 1 heterocycles. The van der Waals surface area contributed by atoms with Crippen LogP contribution in [0.1, 0.15) is 38.5 Å². The van der Waals surface area contributed by atoms with Crippen molar-refractivity contribution >= 4 is 29.3 Å². The molecule has 24 heavy (non-hydrogen) atoms. The summed E-state index contributed by atoms with van der Waals surface area (Å²) in [5, 5.41) is 12.0. The molecule has 1 aliphatic carbocycles. The van der Waals surface area contributed by atoms with Gasteiger partial charge >= 0.3 is 0 Å². The van der Waals surface area contributed by atoms with Gasteiger partial charge in [0, 0.05) is 6.04 Å². The van der Waals surface area contributed by atoms with Crippen LogP contribution in [0.25, 0.3) is 11.5 Å². The number of carbonyl (C=O) groups is 1. The second-order valence-corrected chi connectivity index (χ2v) is 7.23. The van der Waals surface area contributed by atoms with Crippen molar-refractivity contribution in [3.05, 3.63) is 29.3 Å². The fourth-order valence-electron chi connectivity index (χ4n) is 2.83. The lowest BCUT2D eigenvalue weighted by atomic mass is 10.1. The van der Waals surface area contributed by atoms with Gasteiger partial charge in [0.1, 0.15) is 0 Å². The van der Waals surface area contributed by atoms with Gasteiger partial charge in [-0.1, -0.05) is 61.2 Å². The Bertz CT molecular complexity index is 684. The number of amides is 1. The van der Waals surface area contributed by atoms with Crippen molar-refractivity contribution in [3.8, 4) is 11.5 Å². The summed E-state index contributed by atoms with van der Waals surface area (Å²) in [6.07, 6.45) is 7.09. The first kappa shape index (κ1) is 17.3. The van der Waals surface area contributed by atoms with Crippen molar-refractivity contribution in [2.75, 3.05) is 5.75 Å². The molecule has 3 rings (SSSR count). The number of hydrogen-bond donors (Lipinski definition) is 1. The predicted octanol–water partition coefficient (Wildman–Crippen LogP) is 4.32. The summed E-state index contributed by atoms with van der Waals surface area (Å²) in [4.78, 5) is 12.1. The van der Waals surface area contributed by atoms with E-state index in [0.29, 0.717) is 27.7 Å². The summed E-state index contributed by atoms with van der Waals surface area (Å²) < 4.78 is 5.59. The van der Waals surface area contributed by atoms with E-state index in [1.165, 1.54) is 37.4 Å². The predicted molar refractivity (Wildman–Crippen MR) is 95.1 cm³/mol. The minimum absolute atomic E-state index is 0.0180. The summed E-state index contributed by atoms with van der Waals surface area (Å²) in [5.41, 5.74) is 0.696. The van der Waals surface area contributed by atoms with Crippen molar-refractivity contribution in [3.63, 3.8) is 0 Å². The molecule has 7 heteroatoms. The molecule has 0 saturated heterocycles. The maximum atomic E-state index is 12.1. The molecular formula is C17H20ClN3O2S. The number of nitrogens with zero attached hydrogens (tertiary/aromatic N) is 2. The van der Waals surface area contributed by atoms with Gasteiger partial charge in [-0.15, -0.1) is 10.2 Å². The molecule has 1 aliphatic rings. The van der Waals surface area contributed by atoms with Gasteiger partial charge in [0.05, 0.1) is 16.3 Å². The summed E-state index contributed by atoms with van der Waals surface area (Å²) in [6, 6.07) is 7.60. The van der Waals surface area contributed by atoms with Crippen LogP contribution >= 0.6 is 23.4 Å². The Hall–Kier alpha value is -1.53. The van der Waals surface area contributed by atoms with Crippen LogP contribution in [0.3, 0.4) is 0 Å². The number of nitrogens with one attached hydrogen (secondary N) is 1. The molecule has 5 nitrogen and oxygen atoms in total. The highest BCUT2D eigenvalue weighted by Gasteiger charge is 2.16. The topological polar surface area (TPSA) is 68.0 Å². The summed E-state index contributed by atoms with van der Waals surface area (Å²) in [7, 11) is 0. The molecule has 1 saturated carbocycles. The largest absolute Gasteiger partial charge is 0.411 e. The Kier molecular flexibility index (Phi) is 6.15. The monoisotopic (exact) mass is 365 g/mol. The van der Waals surface area contributed by atoms with Crippen LogP contribution in [0.2, 0.25) is 5.02 Å². The smallest absolute Gasteiger partial charge is 0.277 e. The number of halogens is 1. The van der Waals surface area contributed by atoms with Crippen molar-refractivity contribution in [2.45, 2.75) is 49.8 Å². The number of benzene rings is 1. The van der Waals surface area contributed by atoms with E-state index >= 15 is 0 Å². The SMILES string of the molecule is O=C(CSc1nnc(-c2ccccc2Cl)o1)NC1CCCCCC1. The minimum atomic E-state index is 0.0180. The van der Waals surface area contributed by atoms with Crippen LogP contribution in [0, 0.1) is 0 Å². The van der Waals surface area contributed by atoms with Gasteiger partial charge in [-0.05, 0) is 25.0 Å². The molecule has 128 valence electrons. The first-order valence-electron chi connectivity index (χ1n) is 8.23. The van der Waals surface area contributed by atoms with Crippen molar-refractivity contribution in [2.24, 2.45) is 0 Å². The van der Waals surface area contributed by atoms with Crippen LogP contribution in [0.15, 0.2) is 33.9 Å². The molecule has 1 aromatic carbocycles. The minimum Gasteiger partial charge on any atom is -0.411 e. The van der Waals surface area contributed by atoms with Gasteiger partial charge in [0.25, 0.3) is 5.22 Å². The highest BCUT2D eigenvalue weighted by atomic mass is 35.5. The number of rotatable bonds is 5. The van der Waals surface area contributed by atoms with E-state index in [4.69, 9.17) is 16.0 Å². The first-order valence-corrected chi connectivity index (χ1v) is 9.59. The molecule has 0 aliphatic heterocycles. The molecule has 0 bridgehead atoms. The van der Waals surface area contributed by atoms with Crippen LogP contribution in [-0.4, -0.2) is 27.9 Å². The van der Waals surface area contributed by atoms with E-state index in [1.807, 2.05) is 18.2 Å². The maximum absolute atomic E-state index is 12.1. The third-order valence-electron chi connectivity index (χ3n) is 4.06. The zero-order chi connectivity index (χ0) is 16.8. The van der Waals surface area contributed by atoms with E-state index in [9.17, 15) is 4.79 Å². The molecule has 1 N–H and O–H groups in total. The summed E-state index contributed by atoms with van der Waals surface area (Å²) >= 11 is 7.37. The molecule has 0 unspecified atom stereocenters. The summed E-state index contributed by atoms with van der Waals surface area (Å²) in [6.45, 7) is 0. The van der Waals surface area contributed by atoms with E-state index in [0.717, 1.165) is 12.8 Å². The van der Waals surface area contributed by atoms with Crippen molar-refractivity contribution in [1.82, 2.24) is 15.5 Å². The lowest BCUT2D eigenvalue weighted by Crippen LogP contribution is -2.35. The lowest BCUT2D eigenvalue weighted by molar-refractivity contribution is -0.119. The lowest BCUT2D eigenvalue weighted by Gasteiger charge is -2.15. The van der Waals surface area contributed by atoms with Gasteiger partial charge in [-0.2, -0.15) is 0 Å². The van der Waals surface area contributed by atoms with Crippen LogP contribution in [0.4, 0.5) is 0 Å². The normalized spacial score (nSPS) is 15.9. The molecule has 1 amide bonds. The van der Waals surface area contributed by atoms with Crippen molar-refractivity contribution < 1.29 is 9.21 Å². The zero-order valence-electron chi connectivity index (χ0n) is 13.3. The van der Waals surface area contributed by atoms with Gasteiger partial charge in [-0.25, -0.2) is 0 Å². The molecule has 0 radical (unpaired) electrons. The molecule has 0 spiro atoms. The zero-order valence-corrected chi connectivity index (χ0v) is 14.9. The van der Waals surface area contributed by atoms with E-state index in [2.05, 4.69) is 15.5 Å². The van der Waals surface area contributed by atoms with Crippen molar-refractivity contribution in [1.29, 1.82) is 0 Å². The Morgan fingerprint density at radius 2 is 1.96 bits per heavy atom.